The molecule has 1 aliphatic rings. The Bertz CT molecular complexity index is 573. The number of hydrogen-bond acceptors (Lipinski definition) is 5. The molecule has 0 atom stereocenters. The third-order valence-electron chi connectivity index (χ3n) is 3.80. The van der Waals surface area contributed by atoms with Gasteiger partial charge in [0, 0.05) is 12.2 Å². The van der Waals surface area contributed by atoms with Gasteiger partial charge >= 0.3 is 0 Å². The van der Waals surface area contributed by atoms with Crippen molar-refractivity contribution in [2.24, 2.45) is 11.8 Å². The monoisotopic (exact) mass is 329 g/mol. The summed E-state index contributed by atoms with van der Waals surface area (Å²) in [7, 11) is -3.47. The second-order valence-corrected chi connectivity index (χ2v) is 8.42. The normalized spacial score (nSPS) is 16.9. The lowest BCUT2D eigenvalue weighted by atomic mass is 10.0. The summed E-state index contributed by atoms with van der Waals surface area (Å²) in [5.74, 6) is 8.09. The van der Waals surface area contributed by atoms with Gasteiger partial charge in [0.05, 0.1) is 4.90 Å². The number of nitrogens with two attached hydrogens (primary N) is 1. The average molecular weight is 329 g/mol. The lowest BCUT2D eigenvalue weighted by molar-refractivity contribution is 0.476. The number of nitrogens with one attached hydrogen (secondary N) is 2. The third kappa shape index (κ3) is 4.12. The SMILES string of the molecule is Cc1cc(NN)cc(C)c1S(=O)(=O)NCC1CCSCC1. The van der Waals surface area contributed by atoms with E-state index in [4.69, 9.17) is 5.84 Å². The van der Waals surface area contributed by atoms with Crippen LogP contribution in [0, 0.1) is 19.8 Å². The maximum Gasteiger partial charge on any atom is 0.241 e. The molecule has 0 saturated carbocycles. The fourth-order valence-electron chi connectivity index (χ4n) is 2.71. The highest BCUT2D eigenvalue weighted by Gasteiger charge is 2.22. The predicted octanol–water partition coefficient (Wildman–Crippen LogP) is 2.01. The Labute approximate surface area is 131 Å². The quantitative estimate of drug-likeness (QED) is 0.568. The fourth-order valence-corrected chi connectivity index (χ4v) is 5.48. The number of thioether (sulfide) groups is 1. The molecule has 0 amide bonds. The molecular formula is C14H23N3O2S2. The van der Waals surface area contributed by atoms with Gasteiger partial charge in [0.1, 0.15) is 0 Å². The number of benzene rings is 1. The molecule has 1 aliphatic heterocycles. The van der Waals surface area contributed by atoms with E-state index in [9.17, 15) is 8.42 Å². The van der Waals surface area contributed by atoms with Crippen LogP contribution in [0.25, 0.3) is 0 Å². The molecule has 21 heavy (non-hydrogen) atoms. The third-order valence-corrected chi connectivity index (χ3v) is 6.58. The first-order valence-electron chi connectivity index (χ1n) is 7.09. The summed E-state index contributed by atoms with van der Waals surface area (Å²) in [6.45, 7) is 4.11. The van der Waals surface area contributed by atoms with Crippen molar-refractivity contribution >= 4 is 27.5 Å². The molecule has 1 fully saturated rings. The van der Waals surface area contributed by atoms with Crippen molar-refractivity contribution in [3.05, 3.63) is 23.3 Å². The topological polar surface area (TPSA) is 84.2 Å². The molecule has 0 aromatic heterocycles. The maximum atomic E-state index is 12.5. The summed E-state index contributed by atoms with van der Waals surface area (Å²) in [5.41, 5.74) is 4.68. The Morgan fingerprint density at radius 2 is 1.81 bits per heavy atom. The van der Waals surface area contributed by atoms with E-state index in [1.54, 1.807) is 26.0 Å². The van der Waals surface area contributed by atoms with Crippen LogP contribution in [-0.4, -0.2) is 26.5 Å². The Balaban J connectivity index is 2.15. The second-order valence-electron chi connectivity index (χ2n) is 5.49. The first-order valence-corrected chi connectivity index (χ1v) is 9.73. The first kappa shape index (κ1) is 16.6. The zero-order valence-electron chi connectivity index (χ0n) is 12.5. The molecule has 2 rings (SSSR count). The summed E-state index contributed by atoms with van der Waals surface area (Å²) in [6, 6.07) is 3.50. The second kappa shape index (κ2) is 7.00. The Hall–Kier alpha value is -0.760. The number of sulfonamides is 1. The van der Waals surface area contributed by atoms with Gasteiger partial charge in [-0.25, -0.2) is 13.1 Å². The van der Waals surface area contributed by atoms with Gasteiger partial charge in [-0.1, -0.05) is 0 Å². The molecule has 4 N–H and O–H groups in total. The average Bonchev–Trinajstić information content (AvgIpc) is 2.45. The van der Waals surface area contributed by atoms with Crippen LogP contribution in [0.3, 0.4) is 0 Å². The van der Waals surface area contributed by atoms with Gasteiger partial charge in [-0.3, -0.25) is 5.84 Å². The van der Waals surface area contributed by atoms with E-state index < -0.39 is 10.0 Å². The summed E-state index contributed by atoms with van der Waals surface area (Å²) < 4.78 is 27.9. The van der Waals surface area contributed by atoms with Gasteiger partial charge in [-0.05, 0) is 67.4 Å². The van der Waals surface area contributed by atoms with E-state index in [1.165, 1.54) is 0 Å². The largest absolute Gasteiger partial charge is 0.324 e. The Morgan fingerprint density at radius 1 is 1.24 bits per heavy atom. The van der Waals surface area contributed by atoms with E-state index in [-0.39, 0.29) is 0 Å². The molecule has 0 radical (unpaired) electrons. The van der Waals surface area contributed by atoms with Crippen LogP contribution in [-0.2, 0) is 10.0 Å². The lowest BCUT2D eigenvalue weighted by Gasteiger charge is -2.22. The van der Waals surface area contributed by atoms with Crippen LogP contribution in [0.2, 0.25) is 0 Å². The summed E-state index contributed by atoms with van der Waals surface area (Å²) in [5, 5.41) is 0. The number of aryl methyl sites for hydroxylation is 2. The van der Waals surface area contributed by atoms with Crippen LogP contribution in [0.1, 0.15) is 24.0 Å². The summed E-state index contributed by atoms with van der Waals surface area (Å²) in [6.07, 6.45) is 2.17. The zero-order valence-corrected chi connectivity index (χ0v) is 14.1. The predicted molar refractivity (Wildman–Crippen MR) is 89.0 cm³/mol. The molecule has 5 nitrogen and oxygen atoms in total. The molecule has 118 valence electrons. The fraction of sp³-hybridized carbons (Fsp3) is 0.571. The van der Waals surface area contributed by atoms with Gasteiger partial charge in [0.15, 0.2) is 0 Å². The Morgan fingerprint density at radius 3 is 2.33 bits per heavy atom. The number of rotatable bonds is 5. The number of nitrogen functional groups attached to an aromatic ring is 1. The number of hydrogen-bond donors (Lipinski definition) is 3. The van der Waals surface area contributed by atoms with Gasteiger partial charge < -0.3 is 5.43 Å². The van der Waals surface area contributed by atoms with Crippen LogP contribution in [0.4, 0.5) is 5.69 Å². The lowest BCUT2D eigenvalue weighted by Crippen LogP contribution is -2.32. The van der Waals surface area contributed by atoms with Crippen LogP contribution >= 0.6 is 11.8 Å². The minimum Gasteiger partial charge on any atom is -0.324 e. The highest BCUT2D eigenvalue weighted by Crippen LogP contribution is 2.25. The number of hydrazine groups is 1. The van der Waals surface area contributed by atoms with Crippen molar-refractivity contribution in [2.45, 2.75) is 31.6 Å². The van der Waals surface area contributed by atoms with Crippen molar-refractivity contribution in [2.75, 3.05) is 23.5 Å². The molecule has 0 aliphatic carbocycles. The molecule has 0 unspecified atom stereocenters. The zero-order chi connectivity index (χ0) is 15.5. The van der Waals surface area contributed by atoms with E-state index in [0.29, 0.717) is 34.2 Å². The summed E-state index contributed by atoms with van der Waals surface area (Å²) >= 11 is 1.94. The van der Waals surface area contributed by atoms with E-state index >= 15 is 0 Å². The molecule has 1 aromatic carbocycles. The highest BCUT2D eigenvalue weighted by molar-refractivity contribution is 7.99. The molecule has 0 spiro atoms. The molecule has 0 bridgehead atoms. The van der Waals surface area contributed by atoms with Crippen molar-refractivity contribution in [3.8, 4) is 0 Å². The van der Waals surface area contributed by atoms with E-state index in [1.807, 2.05) is 11.8 Å². The van der Waals surface area contributed by atoms with Crippen LogP contribution in [0.15, 0.2) is 17.0 Å². The molecular weight excluding hydrogens is 306 g/mol. The number of anilines is 1. The molecule has 1 aromatic rings. The van der Waals surface area contributed by atoms with Crippen molar-refractivity contribution < 1.29 is 8.42 Å². The minimum atomic E-state index is -3.47. The highest BCUT2D eigenvalue weighted by atomic mass is 32.2. The van der Waals surface area contributed by atoms with Crippen molar-refractivity contribution in [1.82, 2.24) is 4.72 Å². The van der Waals surface area contributed by atoms with Gasteiger partial charge in [0.2, 0.25) is 10.0 Å². The Kier molecular flexibility index (Phi) is 5.54. The molecule has 1 saturated heterocycles. The van der Waals surface area contributed by atoms with E-state index in [2.05, 4.69) is 10.1 Å². The minimum absolute atomic E-state index is 0.367. The van der Waals surface area contributed by atoms with Crippen LogP contribution < -0.4 is 16.0 Å². The summed E-state index contributed by atoms with van der Waals surface area (Å²) in [4.78, 5) is 0.367. The van der Waals surface area contributed by atoms with Gasteiger partial charge in [-0.2, -0.15) is 11.8 Å². The molecule has 7 heteroatoms. The smallest absolute Gasteiger partial charge is 0.241 e. The van der Waals surface area contributed by atoms with Gasteiger partial charge in [0.25, 0.3) is 0 Å². The maximum absolute atomic E-state index is 12.5. The van der Waals surface area contributed by atoms with Crippen LogP contribution in [0.5, 0.6) is 0 Å². The van der Waals surface area contributed by atoms with Crippen molar-refractivity contribution in [3.63, 3.8) is 0 Å². The van der Waals surface area contributed by atoms with E-state index in [0.717, 1.165) is 24.3 Å². The first-order chi connectivity index (χ1) is 9.94. The molecule has 1 heterocycles. The van der Waals surface area contributed by atoms with Crippen molar-refractivity contribution in [1.29, 1.82) is 0 Å². The standard InChI is InChI=1S/C14H23N3O2S2/c1-10-7-13(17-15)8-11(2)14(10)21(18,19)16-9-12-3-5-20-6-4-12/h7-8,12,16-17H,3-6,9,15H2,1-2H3. The van der Waals surface area contributed by atoms with Gasteiger partial charge in [-0.15, -0.1) is 0 Å².